The molecule has 3 nitrogen and oxygen atoms in total. The Kier molecular flexibility index (Phi) is 5.02. The molecule has 0 aromatic heterocycles. The molecule has 5 rings (SSSR count). The number of fused-ring (bicyclic) bond motifs is 1. The molecule has 0 saturated carbocycles. The van der Waals surface area contributed by atoms with Crippen molar-refractivity contribution in [1.29, 1.82) is 0 Å². The van der Waals surface area contributed by atoms with Gasteiger partial charge < -0.3 is 5.11 Å². The molecular formula is C27H21NO2S. The topological polar surface area (TPSA) is 49.7 Å². The van der Waals surface area contributed by atoms with Gasteiger partial charge in [-0.1, -0.05) is 97.1 Å². The van der Waals surface area contributed by atoms with E-state index in [0.717, 1.165) is 16.7 Å². The molecular weight excluding hydrogens is 402 g/mol. The van der Waals surface area contributed by atoms with Crippen LogP contribution in [-0.4, -0.2) is 9.32 Å². The first-order valence-corrected chi connectivity index (χ1v) is 11.6. The SMILES string of the molecule is O=S1(c2ccccc2)=Nc2ccccc2C(c2ccccc2)=C1C(O)c1ccccc1. The van der Waals surface area contributed by atoms with E-state index in [1.165, 1.54) is 0 Å². The molecule has 1 aliphatic rings. The van der Waals surface area contributed by atoms with Crippen molar-refractivity contribution in [1.82, 2.24) is 0 Å². The second-order valence-electron chi connectivity index (χ2n) is 7.37. The average Bonchev–Trinajstić information content (AvgIpc) is 2.84. The molecule has 31 heavy (non-hydrogen) atoms. The highest BCUT2D eigenvalue weighted by atomic mass is 32.2. The van der Waals surface area contributed by atoms with Crippen LogP contribution >= 0.6 is 0 Å². The van der Waals surface area contributed by atoms with E-state index >= 15 is 0 Å². The Morgan fingerprint density at radius 2 is 1.23 bits per heavy atom. The maximum Gasteiger partial charge on any atom is 0.114 e. The molecule has 4 aromatic carbocycles. The molecule has 1 aliphatic heterocycles. The minimum absolute atomic E-state index is 0.426. The Balaban J connectivity index is 1.92. The van der Waals surface area contributed by atoms with Gasteiger partial charge in [0.1, 0.15) is 15.8 Å². The van der Waals surface area contributed by atoms with Gasteiger partial charge in [-0.25, -0.2) is 4.21 Å². The highest BCUT2D eigenvalue weighted by Crippen LogP contribution is 2.47. The van der Waals surface area contributed by atoms with Crippen LogP contribution in [0.5, 0.6) is 0 Å². The van der Waals surface area contributed by atoms with Crippen LogP contribution < -0.4 is 0 Å². The van der Waals surface area contributed by atoms with Gasteiger partial charge in [0.15, 0.2) is 0 Å². The lowest BCUT2D eigenvalue weighted by atomic mass is 9.93. The quantitative estimate of drug-likeness (QED) is 0.416. The fourth-order valence-electron chi connectivity index (χ4n) is 3.99. The average molecular weight is 424 g/mol. The molecule has 2 atom stereocenters. The van der Waals surface area contributed by atoms with E-state index in [2.05, 4.69) is 0 Å². The van der Waals surface area contributed by atoms with E-state index in [4.69, 9.17) is 4.36 Å². The van der Waals surface area contributed by atoms with Gasteiger partial charge in [0.05, 0.1) is 15.5 Å². The first-order chi connectivity index (χ1) is 15.2. The number of aliphatic hydroxyl groups excluding tert-OH is 1. The maximum atomic E-state index is 14.7. The van der Waals surface area contributed by atoms with Crippen LogP contribution in [0.4, 0.5) is 5.69 Å². The third kappa shape index (κ3) is 3.40. The van der Waals surface area contributed by atoms with Crippen molar-refractivity contribution in [3.05, 3.63) is 137 Å². The normalized spacial score (nSPS) is 18.7. The lowest BCUT2D eigenvalue weighted by molar-refractivity contribution is 0.224. The van der Waals surface area contributed by atoms with E-state index in [0.29, 0.717) is 21.1 Å². The van der Waals surface area contributed by atoms with Crippen LogP contribution in [0.1, 0.15) is 22.8 Å². The molecule has 0 bridgehead atoms. The van der Waals surface area contributed by atoms with Crippen molar-refractivity contribution in [2.24, 2.45) is 4.36 Å². The van der Waals surface area contributed by atoms with E-state index in [-0.39, 0.29) is 0 Å². The zero-order chi connectivity index (χ0) is 21.3. The summed E-state index contributed by atoms with van der Waals surface area (Å²) in [4.78, 5) is 1.01. The lowest BCUT2D eigenvalue weighted by Gasteiger charge is -2.28. The third-order valence-electron chi connectivity index (χ3n) is 5.43. The fraction of sp³-hybridized carbons (Fsp3) is 0.0370. The van der Waals surface area contributed by atoms with Crippen molar-refractivity contribution in [3.8, 4) is 0 Å². The number of benzene rings is 4. The summed E-state index contributed by atoms with van der Waals surface area (Å²) in [5.41, 5.74) is 3.90. The molecule has 1 heterocycles. The Labute approximate surface area is 182 Å². The standard InChI is InChI=1S/C27H21NO2S/c29-26(21-14-6-2-7-15-21)27-25(20-12-4-1-5-13-20)23-18-10-11-19-24(23)28-31(27,30)22-16-8-3-9-17-22/h1-19,26,29H. The monoisotopic (exact) mass is 423 g/mol. The van der Waals surface area contributed by atoms with Crippen molar-refractivity contribution in [2.75, 3.05) is 0 Å². The Hall–Kier alpha value is -3.47. The van der Waals surface area contributed by atoms with Gasteiger partial charge in [-0.05, 0) is 29.3 Å². The van der Waals surface area contributed by atoms with Gasteiger partial charge in [-0.2, -0.15) is 4.36 Å². The minimum atomic E-state index is -3.11. The highest BCUT2D eigenvalue weighted by Gasteiger charge is 2.35. The summed E-state index contributed by atoms with van der Waals surface area (Å²) in [5, 5.41) is 11.6. The molecule has 1 N–H and O–H groups in total. The predicted molar refractivity (Wildman–Crippen MR) is 125 cm³/mol. The molecule has 4 heteroatoms. The number of aliphatic hydroxyl groups is 1. The molecule has 0 aliphatic carbocycles. The van der Waals surface area contributed by atoms with Crippen LogP contribution in [0.3, 0.4) is 0 Å². The van der Waals surface area contributed by atoms with E-state index in [1.807, 2.05) is 115 Å². The zero-order valence-electron chi connectivity index (χ0n) is 16.8. The summed E-state index contributed by atoms with van der Waals surface area (Å²) in [5.74, 6) is 0. The van der Waals surface area contributed by atoms with Crippen LogP contribution in [0.2, 0.25) is 0 Å². The van der Waals surface area contributed by atoms with Gasteiger partial charge in [-0.15, -0.1) is 0 Å². The number of rotatable bonds is 4. The van der Waals surface area contributed by atoms with Gasteiger partial charge in [-0.3, -0.25) is 0 Å². The first kappa shape index (κ1) is 19.5. The summed E-state index contributed by atoms with van der Waals surface area (Å²) >= 11 is 0. The van der Waals surface area contributed by atoms with Gasteiger partial charge in [0.25, 0.3) is 0 Å². The summed E-state index contributed by atoms with van der Waals surface area (Å²) in [6.07, 6.45) is -1.07. The lowest BCUT2D eigenvalue weighted by Crippen LogP contribution is -2.18. The number of hydrogen-bond acceptors (Lipinski definition) is 3. The fourth-order valence-corrected chi connectivity index (χ4v) is 6.35. The molecule has 2 unspecified atom stereocenters. The van der Waals surface area contributed by atoms with E-state index in [1.54, 1.807) is 0 Å². The molecule has 0 saturated heterocycles. The van der Waals surface area contributed by atoms with Gasteiger partial charge >= 0.3 is 0 Å². The van der Waals surface area contributed by atoms with Gasteiger partial charge in [0.2, 0.25) is 0 Å². The molecule has 0 amide bonds. The van der Waals surface area contributed by atoms with Crippen LogP contribution in [0.25, 0.3) is 5.57 Å². The molecule has 0 fully saturated rings. The Bertz CT molecular complexity index is 1370. The second kappa shape index (κ2) is 7.99. The summed E-state index contributed by atoms with van der Waals surface area (Å²) in [6, 6.07) is 36.1. The summed E-state index contributed by atoms with van der Waals surface area (Å²) in [7, 11) is -3.11. The van der Waals surface area contributed by atoms with Crippen LogP contribution in [0.15, 0.2) is 129 Å². The number of hydrogen-bond donors (Lipinski definition) is 1. The first-order valence-electron chi connectivity index (χ1n) is 10.1. The van der Waals surface area contributed by atoms with Crippen molar-refractivity contribution in [2.45, 2.75) is 11.0 Å². The van der Waals surface area contributed by atoms with Crippen molar-refractivity contribution >= 4 is 21.0 Å². The molecule has 4 aromatic rings. The van der Waals surface area contributed by atoms with E-state index < -0.39 is 15.8 Å². The minimum Gasteiger partial charge on any atom is -0.383 e. The Morgan fingerprint density at radius 3 is 1.90 bits per heavy atom. The molecule has 0 spiro atoms. The highest BCUT2D eigenvalue weighted by molar-refractivity contribution is 7.97. The largest absolute Gasteiger partial charge is 0.383 e. The van der Waals surface area contributed by atoms with Gasteiger partial charge in [0, 0.05) is 11.1 Å². The number of nitrogens with zero attached hydrogens (tertiary/aromatic N) is 1. The van der Waals surface area contributed by atoms with Crippen LogP contribution in [-0.2, 0) is 9.73 Å². The summed E-state index contributed by atoms with van der Waals surface area (Å²) < 4.78 is 19.5. The van der Waals surface area contributed by atoms with E-state index in [9.17, 15) is 9.32 Å². The predicted octanol–water partition coefficient (Wildman–Crippen LogP) is 6.35. The zero-order valence-corrected chi connectivity index (χ0v) is 17.6. The Morgan fingerprint density at radius 1 is 0.677 bits per heavy atom. The van der Waals surface area contributed by atoms with Crippen molar-refractivity contribution < 1.29 is 9.32 Å². The van der Waals surface area contributed by atoms with Crippen molar-refractivity contribution in [3.63, 3.8) is 0 Å². The summed E-state index contributed by atoms with van der Waals surface area (Å²) in [6.45, 7) is 0. The molecule has 152 valence electrons. The third-order valence-corrected chi connectivity index (χ3v) is 7.82. The molecule has 0 radical (unpaired) electrons. The maximum absolute atomic E-state index is 14.7. The second-order valence-corrected chi connectivity index (χ2v) is 9.51. The van der Waals surface area contributed by atoms with Crippen LogP contribution in [0, 0.1) is 0 Å². The smallest absolute Gasteiger partial charge is 0.114 e.